The lowest BCUT2D eigenvalue weighted by molar-refractivity contribution is -0.0500. The summed E-state index contributed by atoms with van der Waals surface area (Å²) in [6.07, 6.45) is 4.74. The van der Waals surface area contributed by atoms with Crippen LogP contribution in [0.1, 0.15) is 79.5 Å². The number of likely N-dealkylation sites (tertiary alicyclic amines) is 1. The molecule has 244 valence electrons. The molecule has 0 radical (unpaired) electrons. The van der Waals surface area contributed by atoms with E-state index in [1.54, 1.807) is 45.9 Å². The fraction of sp³-hybridized carbons (Fsp3) is 0.500. The van der Waals surface area contributed by atoms with Gasteiger partial charge in [-0.25, -0.2) is 9.59 Å². The third-order valence-corrected chi connectivity index (χ3v) is 9.39. The third kappa shape index (κ3) is 6.99. The van der Waals surface area contributed by atoms with Crippen LogP contribution in [0.15, 0.2) is 42.6 Å². The molecule has 0 bridgehead atoms. The molecule has 2 fully saturated rings. The summed E-state index contributed by atoms with van der Waals surface area (Å²) < 4.78 is 81.4. The zero-order chi connectivity index (χ0) is 32.9. The number of aromatic nitrogens is 1. The SMILES string of the molecule is COC(=O)c1ccc([C@@H]2C[C@H](C3CC3)CCN2Cc2c(OS(=O)(=O)C(F)(F)F)cc(C)c3c2ccn3C(=O)OC(C)(C)C)cc1. The van der Waals surface area contributed by atoms with Crippen LogP contribution in [0.5, 0.6) is 5.75 Å². The number of fused-ring (bicyclic) bond motifs is 1. The second kappa shape index (κ2) is 12.0. The van der Waals surface area contributed by atoms with Gasteiger partial charge in [0.2, 0.25) is 0 Å². The predicted octanol–water partition coefficient (Wildman–Crippen LogP) is 7.11. The Morgan fingerprint density at radius 2 is 1.67 bits per heavy atom. The van der Waals surface area contributed by atoms with Crippen LogP contribution in [-0.4, -0.2) is 54.7 Å². The standard InChI is InChI=1S/C32H37F3N2O7S/c1-19-16-27(44-45(40,41)32(33,34)35)25(24-13-15-37(28(19)24)30(39)43-31(2,3)4)18-36-14-12-23(20-6-7-20)17-26(36)21-8-10-22(11-9-21)29(38)42-5/h8-11,13,15-16,20,23,26H,6-7,12,14,17-18H2,1-5H3/t23-,26+/m1/s1. The lowest BCUT2D eigenvalue weighted by Crippen LogP contribution is -2.37. The van der Waals surface area contributed by atoms with Gasteiger partial charge in [0.25, 0.3) is 0 Å². The molecule has 0 spiro atoms. The fourth-order valence-electron chi connectivity index (χ4n) is 6.16. The smallest absolute Gasteiger partial charge is 0.465 e. The van der Waals surface area contributed by atoms with Crippen LogP contribution in [0.3, 0.4) is 0 Å². The van der Waals surface area contributed by atoms with E-state index in [4.69, 9.17) is 13.7 Å². The van der Waals surface area contributed by atoms with E-state index >= 15 is 0 Å². The molecular weight excluding hydrogens is 613 g/mol. The average Bonchev–Trinajstić information content (AvgIpc) is 3.70. The van der Waals surface area contributed by atoms with E-state index in [1.807, 2.05) is 12.1 Å². The van der Waals surface area contributed by atoms with Gasteiger partial charge in [-0.2, -0.15) is 21.6 Å². The van der Waals surface area contributed by atoms with Gasteiger partial charge in [-0.1, -0.05) is 12.1 Å². The van der Waals surface area contributed by atoms with Gasteiger partial charge in [-0.15, -0.1) is 0 Å². The first kappa shape index (κ1) is 32.8. The molecule has 2 heterocycles. The fourth-order valence-corrected chi connectivity index (χ4v) is 6.64. The number of piperidine rings is 1. The number of hydrogen-bond donors (Lipinski definition) is 0. The van der Waals surface area contributed by atoms with E-state index in [2.05, 4.69) is 4.90 Å². The minimum absolute atomic E-state index is 0.0403. The second-order valence-electron chi connectivity index (χ2n) is 12.8. The molecule has 0 amide bonds. The molecule has 1 saturated heterocycles. The zero-order valence-electron chi connectivity index (χ0n) is 25.8. The highest BCUT2D eigenvalue weighted by Gasteiger charge is 2.49. The predicted molar refractivity (Wildman–Crippen MR) is 160 cm³/mol. The Hall–Kier alpha value is -3.58. The van der Waals surface area contributed by atoms with Crippen molar-refractivity contribution < 1.29 is 44.8 Å². The van der Waals surface area contributed by atoms with E-state index in [0.717, 1.165) is 31.2 Å². The topological polar surface area (TPSA) is 104 Å². The number of ether oxygens (including phenoxy) is 2. The summed E-state index contributed by atoms with van der Waals surface area (Å²) in [6.45, 7) is 7.34. The Morgan fingerprint density at radius 1 is 1.00 bits per heavy atom. The van der Waals surface area contributed by atoms with E-state index in [0.29, 0.717) is 40.4 Å². The minimum Gasteiger partial charge on any atom is -0.465 e. The maximum Gasteiger partial charge on any atom is 0.534 e. The number of halogens is 3. The Labute approximate surface area is 260 Å². The molecule has 1 saturated carbocycles. The molecule has 2 aliphatic rings. The van der Waals surface area contributed by atoms with Crippen molar-refractivity contribution in [2.45, 2.75) is 77.1 Å². The van der Waals surface area contributed by atoms with Crippen molar-refractivity contribution in [3.05, 3.63) is 64.8 Å². The van der Waals surface area contributed by atoms with Gasteiger partial charge >= 0.3 is 27.7 Å². The maximum absolute atomic E-state index is 13.5. The van der Waals surface area contributed by atoms with Crippen molar-refractivity contribution in [2.24, 2.45) is 11.8 Å². The number of esters is 1. The van der Waals surface area contributed by atoms with Gasteiger partial charge in [0.05, 0.1) is 18.2 Å². The van der Waals surface area contributed by atoms with E-state index in [-0.39, 0.29) is 18.2 Å². The van der Waals surface area contributed by atoms with Crippen molar-refractivity contribution in [1.29, 1.82) is 0 Å². The van der Waals surface area contributed by atoms with Crippen molar-refractivity contribution in [3.8, 4) is 5.75 Å². The normalized spacial score (nSPS) is 19.8. The lowest BCUT2D eigenvalue weighted by Gasteiger charge is -2.40. The highest BCUT2D eigenvalue weighted by atomic mass is 32.2. The quantitative estimate of drug-likeness (QED) is 0.151. The van der Waals surface area contributed by atoms with Crippen LogP contribution >= 0.6 is 0 Å². The van der Waals surface area contributed by atoms with Crippen molar-refractivity contribution >= 4 is 33.1 Å². The molecule has 0 unspecified atom stereocenters. The minimum atomic E-state index is -5.99. The van der Waals surface area contributed by atoms with Crippen LogP contribution in [-0.2, 0) is 26.1 Å². The summed E-state index contributed by atoms with van der Waals surface area (Å²) in [5.41, 5.74) is -4.24. The summed E-state index contributed by atoms with van der Waals surface area (Å²) in [7, 11) is -4.68. The van der Waals surface area contributed by atoms with Gasteiger partial charge in [0.1, 0.15) is 11.4 Å². The zero-order valence-corrected chi connectivity index (χ0v) is 26.6. The van der Waals surface area contributed by atoms with Crippen LogP contribution < -0.4 is 4.18 Å². The first-order valence-corrected chi connectivity index (χ1v) is 16.2. The average molecular weight is 651 g/mol. The summed E-state index contributed by atoms with van der Waals surface area (Å²) in [4.78, 5) is 27.2. The van der Waals surface area contributed by atoms with Crippen LogP contribution in [0.2, 0.25) is 0 Å². The monoisotopic (exact) mass is 650 g/mol. The van der Waals surface area contributed by atoms with Gasteiger partial charge in [-0.3, -0.25) is 9.47 Å². The number of nitrogens with zero attached hydrogens (tertiary/aromatic N) is 2. The van der Waals surface area contributed by atoms with Crippen molar-refractivity contribution in [3.63, 3.8) is 0 Å². The molecule has 1 aliphatic carbocycles. The van der Waals surface area contributed by atoms with Crippen molar-refractivity contribution in [1.82, 2.24) is 9.47 Å². The highest BCUT2D eigenvalue weighted by Crippen LogP contribution is 2.48. The summed E-state index contributed by atoms with van der Waals surface area (Å²) >= 11 is 0. The maximum atomic E-state index is 13.5. The molecule has 1 aromatic heterocycles. The summed E-state index contributed by atoms with van der Waals surface area (Å²) in [6, 6.07) is 9.64. The first-order chi connectivity index (χ1) is 21.0. The highest BCUT2D eigenvalue weighted by molar-refractivity contribution is 7.88. The number of carbonyl (C=O) groups excluding carboxylic acids is 2. The van der Waals surface area contributed by atoms with Gasteiger partial charge in [-0.05, 0) is 107 Å². The Morgan fingerprint density at radius 3 is 2.24 bits per heavy atom. The Balaban J connectivity index is 1.60. The first-order valence-electron chi connectivity index (χ1n) is 14.8. The lowest BCUT2D eigenvalue weighted by atomic mass is 9.83. The van der Waals surface area contributed by atoms with Gasteiger partial charge in [0.15, 0.2) is 0 Å². The van der Waals surface area contributed by atoms with Crippen LogP contribution in [0.25, 0.3) is 10.9 Å². The van der Waals surface area contributed by atoms with Crippen LogP contribution in [0, 0.1) is 18.8 Å². The largest absolute Gasteiger partial charge is 0.534 e. The second-order valence-corrected chi connectivity index (χ2v) is 14.3. The van der Waals surface area contributed by atoms with Crippen molar-refractivity contribution in [2.75, 3.05) is 13.7 Å². The molecule has 0 N–H and O–H groups in total. The van der Waals surface area contributed by atoms with E-state index in [1.165, 1.54) is 23.9 Å². The molecule has 2 atom stereocenters. The molecule has 3 aromatic rings. The molecule has 45 heavy (non-hydrogen) atoms. The summed E-state index contributed by atoms with van der Waals surface area (Å²) in [5.74, 6) is 0.151. The number of hydrogen-bond acceptors (Lipinski definition) is 8. The van der Waals surface area contributed by atoms with E-state index < -0.39 is 39.0 Å². The van der Waals surface area contributed by atoms with Crippen LogP contribution in [0.4, 0.5) is 18.0 Å². The molecule has 1 aliphatic heterocycles. The molecule has 2 aromatic carbocycles. The van der Waals surface area contributed by atoms with Gasteiger partial charge < -0.3 is 13.7 Å². The Bertz CT molecular complexity index is 1710. The number of benzene rings is 2. The number of alkyl halides is 3. The Kier molecular flexibility index (Phi) is 8.73. The van der Waals surface area contributed by atoms with Gasteiger partial charge in [0, 0.05) is 29.7 Å². The molecular formula is C32H37F3N2O7S. The number of carbonyl (C=O) groups is 2. The number of aryl methyl sites for hydroxylation is 1. The third-order valence-electron chi connectivity index (χ3n) is 8.42. The number of methoxy groups -OCH3 is 1. The van der Waals surface area contributed by atoms with E-state index in [9.17, 15) is 31.2 Å². The molecule has 5 rings (SSSR count). The summed E-state index contributed by atoms with van der Waals surface area (Å²) in [5, 5.41) is 0.373. The number of rotatable bonds is 7. The molecule has 9 nitrogen and oxygen atoms in total. The molecule has 13 heteroatoms.